The number of rotatable bonds is 34. The molecule has 364 valence electrons. The summed E-state index contributed by atoms with van der Waals surface area (Å²) in [6.07, 6.45) is 0.915. The zero-order valence-corrected chi connectivity index (χ0v) is 36.9. The van der Waals surface area contributed by atoms with Gasteiger partial charge in [0.15, 0.2) is 12.6 Å². The van der Waals surface area contributed by atoms with Gasteiger partial charge < -0.3 is 76.6 Å². The molecule has 2 aliphatic heterocycles. The van der Waals surface area contributed by atoms with Crippen molar-refractivity contribution in [3.05, 3.63) is 10.4 Å². The van der Waals surface area contributed by atoms with Crippen LogP contribution in [0.25, 0.3) is 10.4 Å². The number of aliphatic hydroxyl groups excluding tert-OH is 6. The van der Waals surface area contributed by atoms with Crippen LogP contribution in [0.15, 0.2) is 5.11 Å². The van der Waals surface area contributed by atoms with Crippen LogP contribution in [0.5, 0.6) is 0 Å². The zero-order valence-electron chi connectivity index (χ0n) is 36.9. The highest BCUT2D eigenvalue weighted by molar-refractivity contribution is 5.87. The molecule has 0 radical (unpaired) electrons. The van der Waals surface area contributed by atoms with Gasteiger partial charge in [-0.2, -0.15) is 0 Å². The van der Waals surface area contributed by atoms with E-state index in [2.05, 4.69) is 31.3 Å². The fourth-order valence-corrected chi connectivity index (χ4v) is 7.11. The van der Waals surface area contributed by atoms with E-state index in [0.29, 0.717) is 90.4 Å². The maximum atomic E-state index is 13.2. The summed E-state index contributed by atoms with van der Waals surface area (Å²) >= 11 is 0. The molecule has 2 aliphatic rings. The van der Waals surface area contributed by atoms with E-state index >= 15 is 0 Å². The summed E-state index contributed by atoms with van der Waals surface area (Å²) in [7, 11) is 0. The Balaban J connectivity index is 1.71. The van der Waals surface area contributed by atoms with Crippen LogP contribution in [0.2, 0.25) is 0 Å². The normalized spacial score (nSPS) is 26.3. The first-order chi connectivity index (χ1) is 30.3. The van der Waals surface area contributed by atoms with Crippen LogP contribution in [0, 0.1) is 5.92 Å². The Bertz CT molecular complexity index is 1350. The number of carbonyl (C=O) groups excluding carboxylic acids is 4. The van der Waals surface area contributed by atoms with E-state index in [9.17, 15) is 49.8 Å². The minimum absolute atomic E-state index is 0.0218. The third kappa shape index (κ3) is 22.5. The molecular formula is C41H76N8O14. The number of nitrogens with zero attached hydrogens (tertiary/aromatic N) is 3. The molecule has 0 aliphatic carbocycles. The molecule has 10 unspecified atom stereocenters. The van der Waals surface area contributed by atoms with Gasteiger partial charge in [0.05, 0.1) is 25.4 Å². The van der Waals surface area contributed by atoms with Gasteiger partial charge in [-0.05, 0) is 76.2 Å². The minimum Gasteiger partial charge on any atom is -0.394 e. The summed E-state index contributed by atoms with van der Waals surface area (Å²) < 4.78 is 22.3. The number of carbonyl (C=O) groups is 4. The Morgan fingerprint density at radius 2 is 1.14 bits per heavy atom. The topological polar surface area (TPSA) is 349 Å². The molecule has 2 rings (SSSR count). The second-order valence-electron chi connectivity index (χ2n) is 16.3. The number of aliphatic hydroxyl groups is 6. The maximum absolute atomic E-state index is 13.2. The maximum Gasteiger partial charge on any atom is 0.242 e. The van der Waals surface area contributed by atoms with Crippen LogP contribution in [0.3, 0.4) is 0 Å². The van der Waals surface area contributed by atoms with Crippen LogP contribution >= 0.6 is 0 Å². The Morgan fingerprint density at radius 1 is 0.651 bits per heavy atom. The van der Waals surface area contributed by atoms with Crippen molar-refractivity contribution < 1.29 is 68.8 Å². The number of azide groups is 1. The number of nitrogens with one attached hydrogen (secondary N) is 4. The second-order valence-corrected chi connectivity index (χ2v) is 16.3. The number of unbranched alkanes of at least 4 members (excludes halogenated alkanes) is 8. The van der Waals surface area contributed by atoms with Crippen molar-refractivity contribution in [1.82, 2.24) is 21.3 Å². The van der Waals surface area contributed by atoms with E-state index in [1.807, 2.05) is 0 Å². The summed E-state index contributed by atoms with van der Waals surface area (Å²) in [4.78, 5) is 53.5. The van der Waals surface area contributed by atoms with Crippen molar-refractivity contribution in [2.45, 2.75) is 177 Å². The van der Waals surface area contributed by atoms with Crippen LogP contribution in [-0.2, 0) is 38.1 Å². The fourth-order valence-electron chi connectivity index (χ4n) is 7.11. The number of nitrogens with two attached hydrogens (primary N) is 1. The van der Waals surface area contributed by atoms with Gasteiger partial charge in [-0.25, -0.2) is 0 Å². The number of hydrogen-bond donors (Lipinski definition) is 11. The van der Waals surface area contributed by atoms with Crippen molar-refractivity contribution in [2.24, 2.45) is 16.8 Å². The molecule has 4 amide bonds. The molecule has 22 heteroatoms. The monoisotopic (exact) mass is 905 g/mol. The van der Waals surface area contributed by atoms with Crippen molar-refractivity contribution in [1.29, 1.82) is 0 Å². The van der Waals surface area contributed by atoms with Crippen LogP contribution in [-0.4, -0.2) is 168 Å². The van der Waals surface area contributed by atoms with Gasteiger partial charge in [0.2, 0.25) is 23.6 Å². The predicted octanol–water partition coefficient (Wildman–Crippen LogP) is -0.364. The first kappa shape index (κ1) is 55.9. The van der Waals surface area contributed by atoms with Gasteiger partial charge in [-0.3, -0.25) is 19.2 Å². The van der Waals surface area contributed by atoms with Gasteiger partial charge in [0, 0.05) is 69.5 Å². The Morgan fingerprint density at radius 3 is 1.75 bits per heavy atom. The summed E-state index contributed by atoms with van der Waals surface area (Å²) in [5.41, 5.74) is 14.2. The highest BCUT2D eigenvalue weighted by Crippen LogP contribution is 2.27. The molecule has 12 N–H and O–H groups in total. The average molecular weight is 905 g/mol. The number of hydrogen-bond acceptors (Lipinski definition) is 16. The Kier molecular flexibility index (Phi) is 29.5. The molecule has 0 saturated carbocycles. The molecular weight excluding hydrogens is 828 g/mol. The Hall–Kier alpha value is -3.25. The first-order valence-corrected chi connectivity index (χ1v) is 22.7. The van der Waals surface area contributed by atoms with E-state index in [1.54, 1.807) is 6.92 Å². The van der Waals surface area contributed by atoms with Crippen molar-refractivity contribution in [3.63, 3.8) is 0 Å². The van der Waals surface area contributed by atoms with E-state index < -0.39 is 80.4 Å². The van der Waals surface area contributed by atoms with Gasteiger partial charge in [-0.1, -0.05) is 31.3 Å². The largest absolute Gasteiger partial charge is 0.394 e. The molecule has 0 aromatic heterocycles. The third-order valence-corrected chi connectivity index (χ3v) is 11.1. The van der Waals surface area contributed by atoms with Crippen LogP contribution in [0.1, 0.15) is 116 Å². The zero-order chi connectivity index (χ0) is 46.4. The number of amides is 4. The van der Waals surface area contributed by atoms with E-state index in [-0.39, 0.29) is 49.7 Å². The summed E-state index contributed by atoms with van der Waals surface area (Å²) in [5.74, 6) is -1.33. The van der Waals surface area contributed by atoms with Crippen LogP contribution < -0.4 is 27.0 Å². The molecule has 2 fully saturated rings. The third-order valence-electron chi connectivity index (χ3n) is 11.1. The first-order valence-electron chi connectivity index (χ1n) is 22.7. The number of ether oxygens (including phenoxy) is 4. The van der Waals surface area contributed by atoms with Gasteiger partial charge >= 0.3 is 0 Å². The van der Waals surface area contributed by atoms with Gasteiger partial charge in [-0.15, -0.1) is 0 Å². The van der Waals surface area contributed by atoms with E-state index in [0.717, 1.165) is 32.1 Å². The smallest absolute Gasteiger partial charge is 0.242 e. The van der Waals surface area contributed by atoms with Crippen LogP contribution in [0.4, 0.5) is 0 Å². The minimum atomic E-state index is -1.35. The SMILES string of the molecule is CC1C(OCCCCC(=O)NCCCC[C@@H](NC(=O)CCCCOC2OC(CO)C(O)C(O)C2N)C(=O)NCCCCCC(=O)NCCCCCCN=[N+]=[N-])OC(CO)C(O)C1O. The summed E-state index contributed by atoms with van der Waals surface area (Å²) in [6.45, 7) is 2.93. The molecule has 0 aromatic carbocycles. The molecule has 0 spiro atoms. The van der Waals surface area contributed by atoms with E-state index in [1.165, 1.54) is 0 Å². The molecule has 0 aromatic rings. The fraction of sp³-hybridized carbons (Fsp3) is 0.902. The molecule has 22 nitrogen and oxygen atoms in total. The quantitative estimate of drug-likeness (QED) is 0.0170. The summed E-state index contributed by atoms with van der Waals surface area (Å²) in [6, 6.07) is -1.83. The highest BCUT2D eigenvalue weighted by atomic mass is 16.7. The van der Waals surface area contributed by atoms with Crippen molar-refractivity contribution in [2.75, 3.05) is 52.6 Å². The predicted molar refractivity (Wildman–Crippen MR) is 228 cm³/mol. The average Bonchev–Trinajstić information content (AvgIpc) is 3.27. The van der Waals surface area contributed by atoms with Gasteiger partial charge in [0.25, 0.3) is 0 Å². The van der Waals surface area contributed by atoms with E-state index in [4.69, 9.17) is 30.2 Å². The lowest BCUT2D eigenvalue weighted by Crippen LogP contribution is -2.62. The summed E-state index contributed by atoms with van der Waals surface area (Å²) in [5, 5.41) is 74.1. The van der Waals surface area contributed by atoms with Gasteiger partial charge in [0.1, 0.15) is 36.6 Å². The molecule has 2 saturated heterocycles. The molecule has 11 atom stereocenters. The van der Waals surface area contributed by atoms with Crippen molar-refractivity contribution in [3.8, 4) is 0 Å². The Labute approximate surface area is 370 Å². The lowest BCUT2D eigenvalue weighted by molar-refractivity contribution is -0.282. The second kappa shape index (κ2) is 33.3. The lowest BCUT2D eigenvalue weighted by atomic mass is 9.92. The van der Waals surface area contributed by atoms with Crippen molar-refractivity contribution >= 4 is 23.6 Å². The molecule has 63 heavy (non-hydrogen) atoms. The lowest BCUT2D eigenvalue weighted by Gasteiger charge is -2.40. The molecule has 2 heterocycles. The standard InChI is InChI=1S/C41H76N8O14/c1-27-35(55)36(56)29(25-50)62-40(27)60-23-13-7-17-32(53)45-20-12-6-15-28(39(59)46-21-10-4-5-16-31(52)44-19-9-2-3-11-22-47-49-43)48-33(54)18-8-14-24-61-41-34(42)38(58)37(57)30(26-51)63-41/h27-30,34-38,40-41,50-51,55-58H,2-26,42H2,1H3,(H,44,52)(H,45,53)(H,46,59)(H,48,54)/t27?,28-,29?,30?,34?,35?,36?,37?,38?,40?,41?/m1/s1. The molecule has 0 bridgehead atoms. The highest BCUT2D eigenvalue weighted by Gasteiger charge is 2.43.